The Morgan fingerprint density at radius 2 is 1.50 bits per heavy atom. The van der Waals surface area contributed by atoms with Crippen molar-refractivity contribution in [3.8, 4) is 22.8 Å². The van der Waals surface area contributed by atoms with Crippen LogP contribution in [-0.4, -0.2) is 25.1 Å². The second kappa shape index (κ2) is 8.66. The van der Waals surface area contributed by atoms with Crippen LogP contribution in [0.15, 0.2) is 78.9 Å². The fraction of sp³-hybridized carbons (Fsp3) is 0.120. The number of aromatic nitrogens is 1. The number of hydrogen-bond acceptors (Lipinski definition) is 4. The first-order valence-corrected chi connectivity index (χ1v) is 9.63. The number of rotatable bonds is 6. The highest BCUT2D eigenvalue weighted by molar-refractivity contribution is 6.05. The number of methoxy groups -OCH3 is 2. The minimum atomic E-state index is -0.157. The highest BCUT2D eigenvalue weighted by Gasteiger charge is 2.12. The van der Waals surface area contributed by atoms with Gasteiger partial charge in [0.1, 0.15) is 11.5 Å². The number of para-hydroxylation sites is 1. The van der Waals surface area contributed by atoms with Crippen molar-refractivity contribution in [2.75, 3.05) is 14.2 Å². The van der Waals surface area contributed by atoms with Crippen molar-refractivity contribution < 1.29 is 14.3 Å². The van der Waals surface area contributed by atoms with Gasteiger partial charge in [0.2, 0.25) is 0 Å². The fourth-order valence-electron chi connectivity index (χ4n) is 3.27. The monoisotopic (exact) mass is 398 g/mol. The van der Waals surface area contributed by atoms with E-state index in [0.717, 1.165) is 33.7 Å². The van der Waals surface area contributed by atoms with Crippen LogP contribution < -0.4 is 14.8 Å². The zero-order valence-corrected chi connectivity index (χ0v) is 16.9. The molecule has 0 saturated carbocycles. The maximum Gasteiger partial charge on any atom is 0.253 e. The van der Waals surface area contributed by atoms with Gasteiger partial charge in [-0.15, -0.1) is 0 Å². The Balaban J connectivity index is 1.59. The van der Waals surface area contributed by atoms with Crippen molar-refractivity contribution in [3.05, 3.63) is 90.0 Å². The number of benzene rings is 3. The summed E-state index contributed by atoms with van der Waals surface area (Å²) in [5.41, 5.74) is 4.00. The summed E-state index contributed by atoms with van der Waals surface area (Å²) in [6.45, 7) is 0.428. The molecule has 0 bridgehead atoms. The van der Waals surface area contributed by atoms with E-state index in [0.29, 0.717) is 17.6 Å². The van der Waals surface area contributed by atoms with Gasteiger partial charge in [-0.2, -0.15) is 0 Å². The maximum atomic E-state index is 12.9. The summed E-state index contributed by atoms with van der Waals surface area (Å²) in [6, 6.07) is 24.9. The van der Waals surface area contributed by atoms with Crippen LogP contribution in [-0.2, 0) is 6.54 Å². The molecule has 0 fully saturated rings. The predicted molar refractivity (Wildman–Crippen MR) is 118 cm³/mol. The predicted octanol–water partition coefficient (Wildman–Crippen LogP) is 4.85. The van der Waals surface area contributed by atoms with E-state index < -0.39 is 0 Å². The first-order valence-electron chi connectivity index (χ1n) is 9.63. The number of fused-ring (bicyclic) bond motifs is 1. The van der Waals surface area contributed by atoms with E-state index >= 15 is 0 Å². The Morgan fingerprint density at radius 3 is 2.17 bits per heavy atom. The molecule has 4 rings (SSSR count). The van der Waals surface area contributed by atoms with Crippen LogP contribution in [0.3, 0.4) is 0 Å². The van der Waals surface area contributed by atoms with Crippen LogP contribution in [0.5, 0.6) is 11.5 Å². The van der Waals surface area contributed by atoms with Gasteiger partial charge in [-0.25, -0.2) is 4.98 Å². The van der Waals surface area contributed by atoms with Crippen molar-refractivity contribution in [1.29, 1.82) is 0 Å². The molecule has 30 heavy (non-hydrogen) atoms. The molecule has 0 aliphatic heterocycles. The van der Waals surface area contributed by atoms with Gasteiger partial charge in [0.15, 0.2) is 0 Å². The molecule has 1 N–H and O–H groups in total. The molecule has 0 saturated heterocycles. The van der Waals surface area contributed by atoms with Crippen molar-refractivity contribution in [1.82, 2.24) is 10.3 Å². The summed E-state index contributed by atoms with van der Waals surface area (Å²) < 4.78 is 10.4. The highest BCUT2D eigenvalue weighted by atomic mass is 16.5. The molecule has 4 aromatic rings. The maximum absolute atomic E-state index is 12.9. The van der Waals surface area contributed by atoms with Gasteiger partial charge >= 0.3 is 0 Å². The number of pyridine rings is 1. The van der Waals surface area contributed by atoms with Gasteiger partial charge in [-0.3, -0.25) is 4.79 Å². The smallest absolute Gasteiger partial charge is 0.253 e. The summed E-state index contributed by atoms with van der Waals surface area (Å²) >= 11 is 0. The van der Waals surface area contributed by atoms with Crippen LogP contribution in [0.1, 0.15) is 15.9 Å². The molecular weight excluding hydrogens is 376 g/mol. The molecule has 5 nitrogen and oxygen atoms in total. The van der Waals surface area contributed by atoms with Crippen LogP contribution >= 0.6 is 0 Å². The van der Waals surface area contributed by atoms with Gasteiger partial charge < -0.3 is 14.8 Å². The topological polar surface area (TPSA) is 60.5 Å². The van der Waals surface area contributed by atoms with Crippen LogP contribution in [0.25, 0.3) is 22.2 Å². The largest absolute Gasteiger partial charge is 0.497 e. The molecule has 0 aliphatic rings. The molecule has 5 heteroatoms. The molecule has 0 spiro atoms. The molecule has 150 valence electrons. The zero-order chi connectivity index (χ0) is 20.9. The number of nitrogens with one attached hydrogen (secondary N) is 1. The normalized spacial score (nSPS) is 10.6. The number of ether oxygens (including phenoxy) is 2. The van der Waals surface area contributed by atoms with Crippen LogP contribution in [0.2, 0.25) is 0 Å². The van der Waals surface area contributed by atoms with Crippen molar-refractivity contribution in [3.63, 3.8) is 0 Å². The van der Waals surface area contributed by atoms with Crippen molar-refractivity contribution >= 4 is 16.8 Å². The Labute approximate surface area is 175 Å². The third-order valence-electron chi connectivity index (χ3n) is 4.96. The van der Waals surface area contributed by atoms with Crippen LogP contribution in [0, 0.1) is 0 Å². The second-order valence-corrected chi connectivity index (χ2v) is 6.83. The lowest BCUT2D eigenvalue weighted by Gasteiger charge is -2.10. The SMILES string of the molecule is COc1ccc(CNC(=O)c2cccc3ccc(-c4ccc(OC)cc4)nc23)cc1. The van der Waals surface area contributed by atoms with Crippen molar-refractivity contribution in [2.45, 2.75) is 6.54 Å². The van der Waals surface area contributed by atoms with Crippen molar-refractivity contribution in [2.24, 2.45) is 0 Å². The quantitative estimate of drug-likeness (QED) is 0.504. The fourth-order valence-corrected chi connectivity index (χ4v) is 3.27. The van der Waals surface area contributed by atoms with E-state index in [2.05, 4.69) is 5.32 Å². The van der Waals surface area contributed by atoms with Gasteiger partial charge in [0.25, 0.3) is 5.91 Å². The number of hydrogen-bond donors (Lipinski definition) is 1. The lowest BCUT2D eigenvalue weighted by Crippen LogP contribution is -2.23. The molecule has 0 atom stereocenters. The third-order valence-corrected chi connectivity index (χ3v) is 4.96. The number of carbonyl (C=O) groups excluding carboxylic acids is 1. The summed E-state index contributed by atoms with van der Waals surface area (Å²) in [5.74, 6) is 1.42. The summed E-state index contributed by atoms with van der Waals surface area (Å²) in [6.07, 6.45) is 0. The summed E-state index contributed by atoms with van der Waals surface area (Å²) in [5, 5.41) is 3.90. The Kier molecular flexibility index (Phi) is 5.61. The zero-order valence-electron chi connectivity index (χ0n) is 16.9. The molecule has 1 heterocycles. The molecule has 1 aromatic heterocycles. The molecule has 0 radical (unpaired) electrons. The Morgan fingerprint density at radius 1 is 0.833 bits per heavy atom. The van der Waals surface area contributed by atoms with E-state index in [1.807, 2.05) is 72.8 Å². The Bertz CT molecular complexity index is 1170. The minimum Gasteiger partial charge on any atom is -0.497 e. The minimum absolute atomic E-state index is 0.157. The van der Waals surface area contributed by atoms with E-state index in [1.54, 1.807) is 20.3 Å². The second-order valence-electron chi connectivity index (χ2n) is 6.83. The molecule has 3 aromatic carbocycles. The third kappa shape index (κ3) is 4.10. The van der Waals surface area contributed by atoms with Gasteiger partial charge in [-0.1, -0.05) is 30.3 Å². The van der Waals surface area contributed by atoms with E-state index in [9.17, 15) is 4.79 Å². The Hall–Kier alpha value is -3.86. The number of nitrogens with zero attached hydrogens (tertiary/aromatic N) is 1. The highest BCUT2D eigenvalue weighted by Crippen LogP contribution is 2.25. The molecule has 0 aliphatic carbocycles. The molecule has 0 unspecified atom stereocenters. The molecule has 1 amide bonds. The summed E-state index contributed by atoms with van der Waals surface area (Å²) in [4.78, 5) is 17.7. The molecular formula is C25H22N2O3. The number of carbonyl (C=O) groups is 1. The lowest BCUT2D eigenvalue weighted by molar-refractivity contribution is 0.0952. The standard InChI is InChI=1S/C25H22N2O3/c1-29-20-11-6-17(7-12-20)16-26-25(28)22-5-3-4-19-10-15-23(27-24(19)22)18-8-13-21(30-2)14-9-18/h3-15H,16H2,1-2H3,(H,26,28). The summed E-state index contributed by atoms with van der Waals surface area (Å²) in [7, 11) is 3.27. The van der Waals surface area contributed by atoms with E-state index in [-0.39, 0.29) is 5.91 Å². The average Bonchev–Trinajstić information content (AvgIpc) is 2.82. The number of amides is 1. The average molecular weight is 398 g/mol. The van der Waals surface area contributed by atoms with Gasteiger partial charge in [-0.05, 0) is 54.1 Å². The van der Waals surface area contributed by atoms with Gasteiger partial charge in [0, 0.05) is 17.5 Å². The van der Waals surface area contributed by atoms with Crippen LogP contribution in [0.4, 0.5) is 0 Å². The first kappa shape index (κ1) is 19.5. The first-order chi connectivity index (χ1) is 14.7. The van der Waals surface area contributed by atoms with Gasteiger partial charge in [0.05, 0.1) is 31.0 Å². The lowest BCUT2D eigenvalue weighted by atomic mass is 10.1. The van der Waals surface area contributed by atoms with E-state index in [1.165, 1.54) is 0 Å². The van der Waals surface area contributed by atoms with E-state index in [4.69, 9.17) is 14.5 Å².